The Bertz CT molecular complexity index is 821. The van der Waals surface area contributed by atoms with Crippen LogP contribution >= 0.6 is 0 Å². The summed E-state index contributed by atoms with van der Waals surface area (Å²) >= 11 is 0. The van der Waals surface area contributed by atoms with Gasteiger partial charge in [0.2, 0.25) is 0 Å². The number of amides is 1. The van der Waals surface area contributed by atoms with Crippen molar-refractivity contribution in [3.05, 3.63) is 41.3 Å². The number of carbonyl (C=O) groups excluding carboxylic acids is 1. The molecule has 144 valence electrons. The molecule has 0 N–H and O–H groups in total. The summed E-state index contributed by atoms with van der Waals surface area (Å²) in [5, 5.41) is 0. The van der Waals surface area contributed by atoms with Gasteiger partial charge >= 0.3 is 0 Å². The number of rotatable bonds is 6. The van der Waals surface area contributed by atoms with E-state index in [2.05, 4.69) is 14.9 Å². The number of nitrogens with zero attached hydrogens (tertiary/aromatic N) is 4. The van der Waals surface area contributed by atoms with Crippen molar-refractivity contribution in [3.8, 4) is 11.5 Å². The first-order valence-electron chi connectivity index (χ1n) is 9.21. The number of ether oxygens (including phenoxy) is 2. The van der Waals surface area contributed by atoms with E-state index in [9.17, 15) is 4.79 Å². The first-order chi connectivity index (χ1) is 13.1. The Morgan fingerprint density at radius 2 is 1.74 bits per heavy atom. The number of anilines is 1. The normalized spacial score (nSPS) is 13.1. The van der Waals surface area contributed by atoms with E-state index in [4.69, 9.17) is 9.47 Å². The van der Waals surface area contributed by atoms with Crippen LogP contribution in [0.1, 0.15) is 35.5 Å². The van der Waals surface area contributed by atoms with Gasteiger partial charge in [0.25, 0.3) is 5.91 Å². The Morgan fingerprint density at radius 3 is 2.37 bits per heavy atom. The minimum absolute atomic E-state index is 0.0625. The topological polar surface area (TPSA) is 67.8 Å². The molecule has 3 rings (SSSR count). The molecular weight excluding hydrogens is 344 g/mol. The van der Waals surface area contributed by atoms with Crippen LogP contribution in [0.2, 0.25) is 0 Å². The second-order valence-corrected chi connectivity index (χ2v) is 6.39. The van der Waals surface area contributed by atoms with E-state index in [1.54, 1.807) is 25.2 Å². The molecule has 0 spiro atoms. The fourth-order valence-corrected chi connectivity index (χ4v) is 3.39. The Kier molecular flexibility index (Phi) is 5.78. The third-order valence-corrected chi connectivity index (χ3v) is 4.96. The SMILES string of the molecule is CCN(CC)C(=O)c1cc(N2CCc3cc(OC)c(OC)cc3C2)ncn1. The lowest BCUT2D eigenvalue weighted by atomic mass is 9.98. The third-order valence-electron chi connectivity index (χ3n) is 4.96. The van der Waals surface area contributed by atoms with Gasteiger partial charge < -0.3 is 19.3 Å². The molecule has 1 aromatic carbocycles. The van der Waals surface area contributed by atoms with Crippen molar-refractivity contribution in [2.75, 3.05) is 38.8 Å². The molecule has 2 heterocycles. The van der Waals surface area contributed by atoms with Gasteiger partial charge in [-0.1, -0.05) is 0 Å². The van der Waals surface area contributed by atoms with E-state index in [0.717, 1.165) is 30.3 Å². The maximum Gasteiger partial charge on any atom is 0.272 e. The van der Waals surface area contributed by atoms with Gasteiger partial charge in [0, 0.05) is 32.2 Å². The fourth-order valence-electron chi connectivity index (χ4n) is 3.39. The molecule has 1 aliphatic heterocycles. The Balaban J connectivity index is 1.85. The van der Waals surface area contributed by atoms with Crippen LogP contribution in [0.5, 0.6) is 11.5 Å². The van der Waals surface area contributed by atoms with Gasteiger partial charge in [-0.15, -0.1) is 0 Å². The summed E-state index contributed by atoms with van der Waals surface area (Å²) in [5.74, 6) is 2.17. The van der Waals surface area contributed by atoms with Crippen LogP contribution < -0.4 is 14.4 Å². The van der Waals surface area contributed by atoms with E-state index in [1.807, 2.05) is 26.0 Å². The zero-order valence-corrected chi connectivity index (χ0v) is 16.4. The number of carbonyl (C=O) groups is 1. The molecule has 0 saturated heterocycles. The number of hydrogen-bond acceptors (Lipinski definition) is 6. The highest BCUT2D eigenvalue weighted by molar-refractivity contribution is 5.92. The number of fused-ring (bicyclic) bond motifs is 1. The van der Waals surface area contributed by atoms with Gasteiger partial charge in [0.05, 0.1) is 14.2 Å². The van der Waals surface area contributed by atoms with E-state index in [0.29, 0.717) is 25.3 Å². The monoisotopic (exact) mass is 370 g/mol. The van der Waals surface area contributed by atoms with Crippen LogP contribution in [0, 0.1) is 0 Å². The summed E-state index contributed by atoms with van der Waals surface area (Å²) < 4.78 is 10.8. The molecule has 0 atom stereocenters. The minimum Gasteiger partial charge on any atom is -0.493 e. The summed E-state index contributed by atoms with van der Waals surface area (Å²) in [6.45, 7) is 6.77. The molecule has 0 bridgehead atoms. The van der Waals surface area contributed by atoms with Crippen molar-refractivity contribution in [1.29, 1.82) is 0 Å². The highest BCUT2D eigenvalue weighted by Gasteiger charge is 2.22. The van der Waals surface area contributed by atoms with Gasteiger partial charge in [0.1, 0.15) is 17.8 Å². The highest BCUT2D eigenvalue weighted by atomic mass is 16.5. The average Bonchev–Trinajstić information content (AvgIpc) is 2.73. The second kappa shape index (κ2) is 8.24. The van der Waals surface area contributed by atoms with Gasteiger partial charge in [0.15, 0.2) is 11.5 Å². The van der Waals surface area contributed by atoms with Crippen molar-refractivity contribution < 1.29 is 14.3 Å². The molecule has 7 heteroatoms. The smallest absolute Gasteiger partial charge is 0.272 e. The van der Waals surface area contributed by atoms with E-state index < -0.39 is 0 Å². The predicted octanol–water partition coefficient (Wildman–Crippen LogP) is 2.54. The largest absolute Gasteiger partial charge is 0.493 e. The van der Waals surface area contributed by atoms with Crippen LogP contribution in [0.3, 0.4) is 0 Å². The molecule has 27 heavy (non-hydrogen) atoms. The van der Waals surface area contributed by atoms with Crippen molar-refractivity contribution in [3.63, 3.8) is 0 Å². The highest BCUT2D eigenvalue weighted by Crippen LogP contribution is 2.34. The molecule has 0 fully saturated rings. The molecule has 0 saturated carbocycles. The van der Waals surface area contributed by atoms with Crippen molar-refractivity contribution in [2.45, 2.75) is 26.8 Å². The Labute approximate surface area is 159 Å². The lowest BCUT2D eigenvalue weighted by Gasteiger charge is -2.30. The molecule has 1 aromatic heterocycles. The number of hydrogen-bond donors (Lipinski definition) is 0. The number of methoxy groups -OCH3 is 2. The maximum atomic E-state index is 12.6. The lowest BCUT2D eigenvalue weighted by molar-refractivity contribution is 0.0767. The van der Waals surface area contributed by atoms with Crippen molar-refractivity contribution in [1.82, 2.24) is 14.9 Å². The first kappa shape index (κ1) is 18.9. The summed E-state index contributed by atoms with van der Waals surface area (Å²) in [6.07, 6.45) is 2.34. The molecule has 7 nitrogen and oxygen atoms in total. The number of benzene rings is 1. The van der Waals surface area contributed by atoms with E-state index >= 15 is 0 Å². The van der Waals surface area contributed by atoms with Gasteiger partial charge in [-0.05, 0) is 43.5 Å². The zero-order chi connectivity index (χ0) is 19.4. The van der Waals surface area contributed by atoms with Gasteiger partial charge in [-0.2, -0.15) is 0 Å². The quantitative estimate of drug-likeness (QED) is 0.778. The van der Waals surface area contributed by atoms with Crippen LogP contribution in [-0.2, 0) is 13.0 Å². The Morgan fingerprint density at radius 1 is 1.07 bits per heavy atom. The second-order valence-electron chi connectivity index (χ2n) is 6.39. The molecule has 0 unspecified atom stereocenters. The van der Waals surface area contributed by atoms with Crippen molar-refractivity contribution >= 4 is 11.7 Å². The molecule has 2 aromatic rings. The standard InChI is InChI=1S/C20H26N4O3/c1-5-23(6-2)20(25)16-11-19(22-13-21-16)24-8-7-14-9-17(26-3)18(27-4)10-15(14)12-24/h9-11,13H,5-8,12H2,1-4H3. The fraction of sp³-hybridized carbons (Fsp3) is 0.450. The van der Waals surface area contributed by atoms with Crippen LogP contribution in [0.15, 0.2) is 24.5 Å². The summed E-state index contributed by atoms with van der Waals surface area (Å²) in [7, 11) is 3.29. The molecule has 1 aliphatic rings. The molecule has 1 amide bonds. The van der Waals surface area contributed by atoms with Crippen molar-refractivity contribution in [2.24, 2.45) is 0 Å². The van der Waals surface area contributed by atoms with Crippen LogP contribution in [0.25, 0.3) is 0 Å². The summed E-state index contributed by atoms with van der Waals surface area (Å²) in [6, 6.07) is 5.84. The first-order valence-corrected chi connectivity index (χ1v) is 9.21. The minimum atomic E-state index is -0.0625. The average molecular weight is 370 g/mol. The molecular formula is C20H26N4O3. The van der Waals surface area contributed by atoms with Crippen LogP contribution in [-0.4, -0.2) is 54.6 Å². The Hall–Kier alpha value is -2.83. The van der Waals surface area contributed by atoms with E-state index in [1.165, 1.54) is 17.5 Å². The zero-order valence-electron chi connectivity index (χ0n) is 16.4. The molecule has 0 aliphatic carbocycles. The lowest BCUT2D eigenvalue weighted by Crippen LogP contribution is -2.33. The van der Waals surface area contributed by atoms with Crippen LogP contribution in [0.4, 0.5) is 5.82 Å². The maximum absolute atomic E-state index is 12.6. The molecule has 0 radical (unpaired) electrons. The predicted molar refractivity (Wildman–Crippen MR) is 104 cm³/mol. The number of aromatic nitrogens is 2. The van der Waals surface area contributed by atoms with Gasteiger partial charge in [-0.25, -0.2) is 9.97 Å². The third kappa shape index (κ3) is 3.82. The van der Waals surface area contributed by atoms with Gasteiger partial charge in [-0.3, -0.25) is 4.79 Å². The summed E-state index contributed by atoms with van der Waals surface area (Å²) in [4.78, 5) is 25.1. The summed E-state index contributed by atoms with van der Waals surface area (Å²) in [5.41, 5.74) is 2.85. The van der Waals surface area contributed by atoms with E-state index in [-0.39, 0.29) is 5.91 Å².